The molecule has 4 rings (SSSR count). The number of amides is 2. The number of carbonyl (C=O) groups is 2. The molecule has 0 radical (unpaired) electrons. The molecule has 0 spiro atoms. The van der Waals surface area contributed by atoms with Crippen molar-refractivity contribution in [3.05, 3.63) is 24.0 Å². The van der Waals surface area contributed by atoms with Crippen LogP contribution in [0.4, 0.5) is 10.4 Å². The zero-order valence-electron chi connectivity index (χ0n) is 14.1. The van der Waals surface area contributed by atoms with Gasteiger partial charge in [0.15, 0.2) is 11.4 Å². The number of nitrogens with zero attached hydrogens (tertiary/aromatic N) is 4. The van der Waals surface area contributed by atoms with Crippen molar-refractivity contribution in [2.75, 3.05) is 38.6 Å². The zero-order chi connectivity index (χ0) is 17.7. The van der Waals surface area contributed by atoms with E-state index in [4.69, 9.17) is 4.42 Å². The van der Waals surface area contributed by atoms with Crippen molar-refractivity contribution in [2.45, 2.75) is 12.5 Å². The van der Waals surface area contributed by atoms with Crippen LogP contribution in [0.1, 0.15) is 6.42 Å². The van der Waals surface area contributed by atoms with Gasteiger partial charge in [-0.3, -0.25) is 9.59 Å². The van der Waals surface area contributed by atoms with Gasteiger partial charge in [-0.15, -0.1) is 0 Å². The maximum absolute atomic E-state index is 13.7. The molecule has 2 amide bonds. The number of anilines is 1. The highest BCUT2D eigenvalue weighted by Crippen LogP contribution is 2.31. The summed E-state index contributed by atoms with van der Waals surface area (Å²) in [7, 11) is 3.40. The first-order valence-corrected chi connectivity index (χ1v) is 8.24. The van der Waals surface area contributed by atoms with E-state index in [2.05, 4.69) is 4.98 Å². The third-order valence-electron chi connectivity index (χ3n) is 4.88. The van der Waals surface area contributed by atoms with E-state index in [9.17, 15) is 14.0 Å². The van der Waals surface area contributed by atoms with E-state index >= 15 is 0 Å². The van der Waals surface area contributed by atoms with E-state index in [0.717, 1.165) is 0 Å². The molecule has 0 aliphatic carbocycles. The molecule has 2 saturated heterocycles. The molecule has 3 heterocycles. The lowest BCUT2D eigenvalue weighted by Gasteiger charge is -2.43. The Morgan fingerprint density at radius 1 is 1.32 bits per heavy atom. The van der Waals surface area contributed by atoms with E-state index in [-0.39, 0.29) is 35.7 Å². The van der Waals surface area contributed by atoms with E-state index in [1.165, 1.54) is 11.0 Å². The quantitative estimate of drug-likeness (QED) is 0.832. The number of carbonyl (C=O) groups excluding carboxylic acids is 2. The number of rotatable bonds is 3. The summed E-state index contributed by atoms with van der Waals surface area (Å²) in [6, 6.07) is 5.00. The number of hydrogen-bond acceptors (Lipinski definition) is 5. The predicted molar refractivity (Wildman–Crippen MR) is 88.5 cm³/mol. The summed E-state index contributed by atoms with van der Waals surface area (Å²) in [4.78, 5) is 33.7. The second-order valence-corrected chi connectivity index (χ2v) is 6.82. The summed E-state index contributed by atoms with van der Waals surface area (Å²) < 4.78 is 19.3. The van der Waals surface area contributed by atoms with Crippen molar-refractivity contribution in [1.82, 2.24) is 14.8 Å². The van der Waals surface area contributed by atoms with Crippen LogP contribution in [0.25, 0.3) is 11.1 Å². The van der Waals surface area contributed by atoms with Gasteiger partial charge in [0.1, 0.15) is 5.52 Å². The fraction of sp³-hybridized carbons (Fsp3) is 0.471. The Kier molecular flexibility index (Phi) is 3.63. The lowest BCUT2D eigenvalue weighted by atomic mass is 10.1. The van der Waals surface area contributed by atoms with Gasteiger partial charge in [-0.25, -0.2) is 4.39 Å². The molecule has 1 aromatic heterocycles. The molecule has 0 saturated carbocycles. The molecule has 0 bridgehead atoms. The molecular formula is C17H19FN4O3. The van der Waals surface area contributed by atoms with Crippen LogP contribution in [0.2, 0.25) is 0 Å². The summed E-state index contributed by atoms with van der Waals surface area (Å²) in [6.07, 6.45) is 0.265. The SMILES string of the molecule is CN(C)C(=O)C1CC(=O)N(C2CN(c3nc4c(F)cccc4o3)C2)C1. The van der Waals surface area contributed by atoms with Crippen LogP contribution in [0, 0.1) is 11.7 Å². The molecule has 1 atom stereocenters. The largest absolute Gasteiger partial charge is 0.423 e. The Morgan fingerprint density at radius 3 is 2.76 bits per heavy atom. The Morgan fingerprint density at radius 2 is 2.08 bits per heavy atom. The predicted octanol–water partition coefficient (Wildman–Crippen LogP) is 1.09. The molecule has 2 fully saturated rings. The van der Waals surface area contributed by atoms with Gasteiger partial charge in [0.05, 0.1) is 12.0 Å². The molecule has 0 N–H and O–H groups in total. The summed E-state index contributed by atoms with van der Waals surface area (Å²) in [6.45, 7) is 1.60. The zero-order valence-corrected chi connectivity index (χ0v) is 14.1. The highest BCUT2D eigenvalue weighted by atomic mass is 19.1. The van der Waals surface area contributed by atoms with Crippen molar-refractivity contribution >= 4 is 28.9 Å². The number of likely N-dealkylation sites (tertiary alicyclic amines) is 1. The van der Waals surface area contributed by atoms with Crippen LogP contribution >= 0.6 is 0 Å². The number of oxazole rings is 1. The van der Waals surface area contributed by atoms with E-state index in [0.29, 0.717) is 31.2 Å². The van der Waals surface area contributed by atoms with Crippen LogP contribution in [0.5, 0.6) is 0 Å². The normalized spacial score (nSPS) is 21.1. The van der Waals surface area contributed by atoms with Crippen LogP contribution in [0.15, 0.2) is 22.6 Å². The van der Waals surface area contributed by atoms with Gasteiger partial charge >= 0.3 is 0 Å². The van der Waals surface area contributed by atoms with Gasteiger partial charge < -0.3 is 19.1 Å². The monoisotopic (exact) mass is 346 g/mol. The summed E-state index contributed by atoms with van der Waals surface area (Å²) in [5.41, 5.74) is 0.627. The van der Waals surface area contributed by atoms with Crippen LogP contribution in [-0.2, 0) is 9.59 Å². The maximum atomic E-state index is 13.7. The topological polar surface area (TPSA) is 69.9 Å². The molecule has 132 valence electrons. The Hall–Kier alpha value is -2.64. The van der Waals surface area contributed by atoms with Crippen molar-refractivity contribution in [2.24, 2.45) is 5.92 Å². The lowest BCUT2D eigenvalue weighted by molar-refractivity contribution is -0.133. The summed E-state index contributed by atoms with van der Waals surface area (Å²) in [5.74, 6) is -0.686. The Balaban J connectivity index is 1.42. The minimum atomic E-state index is -0.413. The van der Waals surface area contributed by atoms with Crippen molar-refractivity contribution in [1.29, 1.82) is 0 Å². The molecule has 25 heavy (non-hydrogen) atoms. The average Bonchev–Trinajstić information content (AvgIpc) is 3.10. The number of hydrogen-bond donors (Lipinski definition) is 0. The number of aromatic nitrogens is 1. The summed E-state index contributed by atoms with van der Waals surface area (Å²) in [5, 5.41) is 0. The van der Waals surface area contributed by atoms with Crippen LogP contribution in [0.3, 0.4) is 0 Å². The Bertz CT molecular complexity index is 844. The molecule has 2 aliphatic heterocycles. The molecule has 1 unspecified atom stereocenters. The fourth-order valence-corrected chi connectivity index (χ4v) is 3.46. The lowest BCUT2D eigenvalue weighted by Crippen LogP contribution is -2.60. The van der Waals surface area contributed by atoms with Crippen LogP contribution in [-0.4, -0.2) is 66.4 Å². The molecule has 8 heteroatoms. The first kappa shape index (κ1) is 15.9. The van der Waals surface area contributed by atoms with Crippen LogP contribution < -0.4 is 4.90 Å². The molecular weight excluding hydrogens is 327 g/mol. The molecule has 7 nitrogen and oxygen atoms in total. The second kappa shape index (κ2) is 5.72. The van der Waals surface area contributed by atoms with E-state index in [1.807, 2.05) is 4.90 Å². The summed E-state index contributed by atoms with van der Waals surface area (Å²) >= 11 is 0. The smallest absolute Gasteiger partial charge is 0.298 e. The van der Waals surface area contributed by atoms with Gasteiger partial charge in [-0.2, -0.15) is 4.98 Å². The highest BCUT2D eigenvalue weighted by molar-refractivity contribution is 5.89. The van der Waals surface area contributed by atoms with Gasteiger partial charge in [0.2, 0.25) is 11.8 Å². The second-order valence-electron chi connectivity index (χ2n) is 6.82. The van der Waals surface area contributed by atoms with Gasteiger partial charge in [-0.05, 0) is 12.1 Å². The number of halogens is 1. The van der Waals surface area contributed by atoms with Crippen molar-refractivity contribution in [3.8, 4) is 0 Å². The third kappa shape index (κ3) is 2.61. The van der Waals surface area contributed by atoms with Gasteiger partial charge in [0.25, 0.3) is 6.01 Å². The van der Waals surface area contributed by atoms with E-state index < -0.39 is 5.82 Å². The standard InChI is InChI=1S/C17H19FN4O3/c1-20(2)16(24)10-6-14(23)22(7-10)11-8-21(9-11)17-19-15-12(18)4-3-5-13(15)25-17/h3-5,10-11H,6-9H2,1-2H3. The highest BCUT2D eigenvalue weighted by Gasteiger charge is 2.43. The minimum absolute atomic E-state index is 0.00783. The maximum Gasteiger partial charge on any atom is 0.298 e. The van der Waals surface area contributed by atoms with Crippen molar-refractivity contribution in [3.63, 3.8) is 0 Å². The van der Waals surface area contributed by atoms with Crippen molar-refractivity contribution < 1.29 is 18.4 Å². The number of fused-ring (bicyclic) bond motifs is 1. The first-order valence-electron chi connectivity index (χ1n) is 8.24. The van der Waals surface area contributed by atoms with Gasteiger partial charge in [0, 0.05) is 40.2 Å². The minimum Gasteiger partial charge on any atom is -0.423 e. The number of benzene rings is 1. The first-order chi connectivity index (χ1) is 11.9. The molecule has 1 aromatic carbocycles. The molecule has 2 aliphatic rings. The van der Waals surface area contributed by atoms with E-state index in [1.54, 1.807) is 31.1 Å². The van der Waals surface area contributed by atoms with Gasteiger partial charge in [-0.1, -0.05) is 6.07 Å². The fourth-order valence-electron chi connectivity index (χ4n) is 3.46. The molecule has 2 aromatic rings. The average molecular weight is 346 g/mol. The Labute approximate surface area is 144 Å². The number of para-hydroxylation sites is 1. The third-order valence-corrected chi connectivity index (χ3v) is 4.88.